The summed E-state index contributed by atoms with van der Waals surface area (Å²) in [6, 6.07) is 0.147. The molecule has 1 heterocycles. The number of nitrogens with one attached hydrogen (secondary N) is 1. The van der Waals surface area contributed by atoms with Crippen LogP contribution in [0.1, 0.15) is 38.5 Å². The van der Waals surface area contributed by atoms with Crippen molar-refractivity contribution in [3.63, 3.8) is 0 Å². The summed E-state index contributed by atoms with van der Waals surface area (Å²) in [5.74, 6) is 0.495. The third kappa shape index (κ3) is 4.43. The summed E-state index contributed by atoms with van der Waals surface area (Å²) in [5.41, 5.74) is 0. The lowest BCUT2D eigenvalue weighted by atomic mass is 9.94. The second-order valence-electron chi connectivity index (χ2n) is 5.94. The van der Waals surface area contributed by atoms with Crippen molar-refractivity contribution in [2.75, 3.05) is 17.8 Å². The largest absolute Gasteiger partial charge is 0.310 e. The van der Waals surface area contributed by atoms with E-state index in [1.807, 2.05) is 0 Å². The minimum absolute atomic E-state index is 0.00191. The molecule has 5 nitrogen and oxygen atoms in total. The van der Waals surface area contributed by atoms with Crippen LogP contribution in [0.5, 0.6) is 0 Å². The number of hydrogen-bond donors (Lipinski definition) is 1. The molecule has 7 heteroatoms. The van der Waals surface area contributed by atoms with Gasteiger partial charge >= 0.3 is 0 Å². The maximum absolute atomic E-state index is 11.6. The van der Waals surface area contributed by atoms with E-state index in [0.29, 0.717) is 18.6 Å². The summed E-state index contributed by atoms with van der Waals surface area (Å²) in [6.07, 6.45) is 6.08. The molecule has 0 radical (unpaired) electrons. The Hall–Kier alpha value is -0.140. The van der Waals surface area contributed by atoms with Gasteiger partial charge in [-0.05, 0) is 32.1 Å². The van der Waals surface area contributed by atoms with Crippen molar-refractivity contribution in [2.24, 2.45) is 0 Å². The maximum atomic E-state index is 11.6. The molecule has 1 saturated carbocycles. The van der Waals surface area contributed by atoms with Crippen molar-refractivity contribution in [1.82, 2.24) is 5.32 Å². The molecule has 1 N–H and O–H groups in total. The van der Waals surface area contributed by atoms with E-state index in [4.69, 9.17) is 0 Å². The average Bonchev–Trinajstić information content (AvgIpc) is 2.26. The summed E-state index contributed by atoms with van der Waals surface area (Å²) in [6.45, 7) is 0. The first-order valence-corrected chi connectivity index (χ1v) is 10.7. The fourth-order valence-electron chi connectivity index (χ4n) is 3.17. The molecule has 1 saturated heterocycles. The highest BCUT2D eigenvalue weighted by atomic mass is 32.2. The molecule has 0 spiro atoms. The Morgan fingerprint density at radius 2 is 1.74 bits per heavy atom. The van der Waals surface area contributed by atoms with E-state index in [1.165, 1.54) is 6.26 Å². The van der Waals surface area contributed by atoms with Crippen LogP contribution in [0.2, 0.25) is 0 Å². The van der Waals surface area contributed by atoms with Gasteiger partial charge in [-0.25, -0.2) is 16.8 Å². The lowest BCUT2D eigenvalue weighted by Gasteiger charge is -2.33. The SMILES string of the molecule is CS(=O)(=O)C1CCCC(NC2CCCS(=O)(=O)C2)C1. The molecule has 3 atom stereocenters. The Morgan fingerprint density at radius 3 is 2.37 bits per heavy atom. The minimum Gasteiger partial charge on any atom is -0.310 e. The Kier molecular flexibility index (Phi) is 4.57. The quantitative estimate of drug-likeness (QED) is 0.821. The summed E-state index contributed by atoms with van der Waals surface area (Å²) in [7, 11) is -5.89. The van der Waals surface area contributed by atoms with Crippen LogP contribution in [0.25, 0.3) is 0 Å². The van der Waals surface area contributed by atoms with Crippen molar-refractivity contribution >= 4 is 19.7 Å². The van der Waals surface area contributed by atoms with E-state index in [2.05, 4.69) is 5.32 Å². The molecular formula is C12H23NO4S2. The van der Waals surface area contributed by atoms with Crippen LogP contribution in [0.4, 0.5) is 0 Å². The number of sulfone groups is 2. The van der Waals surface area contributed by atoms with Crippen LogP contribution >= 0.6 is 0 Å². The Labute approximate surface area is 116 Å². The van der Waals surface area contributed by atoms with Gasteiger partial charge in [0, 0.05) is 18.3 Å². The normalized spacial score (nSPS) is 35.9. The molecular weight excluding hydrogens is 286 g/mol. The highest BCUT2D eigenvalue weighted by molar-refractivity contribution is 7.91. The topological polar surface area (TPSA) is 80.3 Å². The van der Waals surface area contributed by atoms with E-state index in [0.717, 1.165) is 25.7 Å². The first-order valence-electron chi connectivity index (χ1n) is 6.91. The zero-order valence-corrected chi connectivity index (χ0v) is 13.0. The van der Waals surface area contributed by atoms with Crippen molar-refractivity contribution < 1.29 is 16.8 Å². The van der Waals surface area contributed by atoms with Crippen molar-refractivity contribution in [3.8, 4) is 0 Å². The van der Waals surface area contributed by atoms with Gasteiger partial charge in [-0.2, -0.15) is 0 Å². The van der Waals surface area contributed by atoms with Crippen molar-refractivity contribution in [2.45, 2.75) is 55.9 Å². The fraction of sp³-hybridized carbons (Fsp3) is 1.00. The van der Waals surface area contributed by atoms with E-state index in [9.17, 15) is 16.8 Å². The van der Waals surface area contributed by atoms with E-state index in [1.54, 1.807) is 0 Å². The summed E-state index contributed by atoms with van der Waals surface area (Å²) >= 11 is 0. The lowest BCUT2D eigenvalue weighted by Crippen LogP contribution is -2.48. The smallest absolute Gasteiger partial charge is 0.151 e. The third-order valence-electron chi connectivity index (χ3n) is 4.17. The monoisotopic (exact) mass is 309 g/mol. The Bertz CT molecular complexity index is 512. The third-order valence-corrected chi connectivity index (χ3v) is 7.63. The predicted octanol–water partition coefficient (Wildman–Crippen LogP) is 0.509. The Balaban J connectivity index is 1.92. The summed E-state index contributed by atoms with van der Waals surface area (Å²) in [5, 5.41) is 3.11. The van der Waals surface area contributed by atoms with Gasteiger partial charge in [0.2, 0.25) is 0 Å². The first kappa shape index (κ1) is 15.3. The van der Waals surface area contributed by atoms with Crippen molar-refractivity contribution in [1.29, 1.82) is 0 Å². The molecule has 0 aromatic carbocycles. The van der Waals surface area contributed by atoms with E-state index < -0.39 is 19.7 Å². The zero-order valence-electron chi connectivity index (χ0n) is 11.3. The molecule has 0 aromatic rings. The number of rotatable bonds is 3. The van der Waals surface area contributed by atoms with Gasteiger partial charge in [-0.15, -0.1) is 0 Å². The van der Waals surface area contributed by atoms with Crippen LogP contribution < -0.4 is 5.32 Å². The van der Waals surface area contributed by atoms with Gasteiger partial charge in [-0.1, -0.05) is 6.42 Å². The van der Waals surface area contributed by atoms with Crippen LogP contribution in [0, 0.1) is 0 Å². The highest BCUT2D eigenvalue weighted by Gasteiger charge is 2.32. The first-order chi connectivity index (χ1) is 8.76. The van der Waals surface area contributed by atoms with Crippen LogP contribution in [-0.2, 0) is 19.7 Å². The summed E-state index contributed by atoms with van der Waals surface area (Å²) in [4.78, 5) is 0. The average molecular weight is 309 g/mol. The van der Waals surface area contributed by atoms with Crippen LogP contribution in [0.15, 0.2) is 0 Å². The summed E-state index contributed by atoms with van der Waals surface area (Å²) < 4.78 is 46.4. The maximum Gasteiger partial charge on any atom is 0.151 e. The van der Waals surface area contributed by atoms with Crippen LogP contribution in [0.3, 0.4) is 0 Å². The molecule has 112 valence electrons. The van der Waals surface area contributed by atoms with Crippen LogP contribution in [-0.4, -0.2) is 51.9 Å². The van der Waals surface area contributed by atoms with Gasteiger partial charge in [0.15, 0.2) is 9.84 Å². The minimum atomic E-state index is -2.98. The Morgan fingerprint density at radius 1 is 1.05 bits per heavy atom. The molecule has 2 rings (SSSR count). The van der Waals surface area contributed by atoms with Gasteiger partial charge in [0.1, 0.15) is 9.84 Å². The zero-order chi connectivity index (χ0) is 14.1. The van der Waals surface area contributed by atoms with Gasteiger partial charge in [0.05, 0.1) is 16.8 Å². The molecule has 0 amide bonds. The second-order valence-corrected chi connectivity index (χ2v) is 10.5. The molecule has 1 aliphatic carbocycles. The fourth-order valence-corrected chi connectivity index (χ4v) is 6.00. The molecule has 0 bridgehead atoms. The second kappa shape index (κ2) is 5.69. The molecule has 2 aliphatic rings. The van der Waals surface area contributed by atoms with Gasteiger partial charge in [-0.3, -0.25) is 0 Å². The highest BCUT2D eigenvalue weighted by Crippen LogP contribution is 2.25. The van der Waals surface area contributed by atoms with E-state index in [-0.39, 0.29) is 23.1 Å². The van der Waals surface area contributed by atoms with Gasteiger partial charge < -0.3 is 5.32 Å². The molecule has 19 heavy (non-hydrogen) atoms. The van der Waals surface area contributed by atoms with E-state index >= 15 is 0 Å². The van der Waals surface area contributed by atoms with Crippen molar-refractivity contribution in [3.05, 3.63) is 0 Å². The molecule has 0 aromatic heterocycles. The predicted molar refractivity (Wildman–Crippen MR) is 75.7 cm³/mol. The van der Waals surface area contributed by atoms with Gasteiger partial charge in [0.25, 0.3) is 0 Å². The molecule has 1 aliphatic heterocycles. The number of hydrogen-bond acceptors (Lipinski definition) is 5. The molecule has 2 fully saturated rings. The lowest BCUT2D eigenvalue weighted by molar-refractivity contribution is 0.333. The standard InChI is InChI=1S/C12H23NO4S2/c1-18(14,15)12-6-2-4-10(8-12)13-11-5-3-7-19(16,17)9-11/h10-13H,2-9H2,1H3. The molecule has 3 unspecified atom stereocenters.